The van der Waals surface area contributed by atoms with Gasteiger partial charge in [0.05, 0.1) is 25.4 Å². The van der Waals surface area contributed by atoms with Crippen LogP contribution in [0.3, 0.4) is 0 Å². The fourth-order valence-corrected chi connectivity index (χ4v) is 1.51. The van der Waals surface area contributed by atoms with E-state index in [1.807, 2.05) is 20.8 Å². The third kappa shape index (κ3) is 5.58. The van der Waals surface area contributed by atoms with Crippen LogP contribution in [0.25, 0.3) is 0 Å². The van der Waals surface area contributed by atoms with E-state index in [4.69, 9.17) is 15.2 Å². The zero-order valence-corrected chi connectivity index (χ0v) is 11.3. The van der Waals surface area contributed by atoms with Gasteiger partial charge < -0.3 is 15.2 Å². The van der Waals surface area contributed by atoms with Gasteiger partial charge in [0.2, 0.25) is 0 Å². The molecule has 0 saturated carbocycles. The van der Waals surface area contributed by atoms with Gasteiger partial charge in [0, 0.05) is 6.54 Å². The Kier molecular flexibility index (Phi) is 5.72. The van der Waals surface area contributed by atoms with Gasteiger partial charge in [-0.15, -0.1) is 0 Å². The van der Waals surface area contributed by atoms with Gasteiger partial charge in [-0.1, -0.05) is 6.07 Å². The first-order chi connectivity index (χ1) is 8.42. The summed E-state index contributed by atoms with van der Waals surface area (Å²) in [5.41, 5.74) is 7.12. The Morgan fingerprint density at radius 1 is 1.17 bits per heavy atom. The Bertz CT molecular complexity index is 375. The molecule has 0 aliphatic rings. The standard InChI is InChI=1S/C14H22FNO2/c1-14(2,3)18-7-6-17-10-11-4-5-13(15)8-12(11)9-16/h4-5,8H,6-7,9-10,16H2,1-3H3. The highest BCUT2D eigenvalue weighted by Crippen LogP contribution is 2.12. The average Bonchev–Trinajstić information content (AvgIpc) is 2.28. The summed E-state index contributed by atoms with van der Waals surface area (Å²) >= 11 is 0. The Hall–Kier alpha value is -0.970. The number of benzene rings is 1. The van der Waals surface area contributed by atoms with Crippen molar-refractivity contribution in [3.05, 3.63) is 35.1 Å². The molecule has 18 heavy (non-hydrogen) atoms. The largest absolute Gasteiger partial charge is 0.374 e. The molecule has 0 aromatic heterocycles. The minimum atomic E-state index is -0.268. The fraction of sp³-hybridized carbons (Fsp3) is 0.571. The van der Waals surface area contributed by atoms with E-state index in [-0.39, 0.29) is 11.4 Å². The summed E-state index contributed by atoms with van der Waals surface area (Å²) in [6, 6.07) is 4.58. The summed E-state index contributed by atoms with van der Waals surface area (Å²) in [7, 11) is 0. The Labute approximate surface area is 108 Å². The van der Waals surface area contributed by atoms with Crippen LogP contribution in [0.4, 0.5) is 4.39 Å². The highest BCUT2D eigenvalue weighted by atomic mass is 19.1. The molecule has 2 N–H and O–H groups in total. The maximum atomic E-state index is 13.0. The first-order valence-corrected chi connectivity index (χ1v) is 6.11. The number of halogens is 1. The molecule has 0 bridgehead atoms. The van der Waals surface area contributed by atoms with Crippen molar-refractivity contribution in [1.82, 2.24) is 0 Å². The molecule has 0 unspecified atom stereocenters. The first kappa shape index (κ1) is 15.1. The van der Waals surface area contributed by atoms with Gasteiger partial charge >= 0.3 is 0 Å². The van der Waals surface area contributed by atoms with Crippen LogP contribution in [-0.4, -0.2) is 18.8 Å². The lowest BCUT2D eigenvalue weighted by molar-refractivity contribution is -0.0377. The lowest BCUT2D eigenvalue weighted by Crippen LogP contribution is -2.21. The van der Waals surface area contributed by atoms with Crippen LogP contribution < -0.4 is 5.73 Å². The van der Waals surface area contributed by atoms with Crippen molar-refractivity contribution < 1.29 is 13.9 Å². The third-order valence-electron chi connectivity index (χ3n) is 2.41. The zero-order valence-electron chi connectivity index (χ0n) is 11.3. The molecule has 102 valence electrons. The molecule has 1 aromatic rings. The average molecular weight is 255 g/mol. The normalized spacial score (nSPS) is 11.8. The second kappa shape index (κ2) is 6.83. The monoisotopic (exact) mass is 255 g/mol. The SMILES string of the molecule is CC(C)(C)OCCOCc1ccc(F)cc1CN. The highest BCUT2D eigenvalue weighted by molar-refractivity contribution is 5.27. The second-order valence-electron chi connectivity index (χ2n) is 5.13. The minimum Gasteiger partial charge on any atom is -0.374 e. The quantitative estimate of drug-likeness (QED) is 0.795. The van der Waals surface area contributed by atoms with Crippen LogP contribution in [0.15, 0.2) is 18.2 Å². The number of rotatable bonds is 6. The number of ether oxygens (including phenoxy) is 2. The smallest absolute Gasteiger partial charge is 0.123 e. The van der Waals surface area contributed by atoms with Crippen LogP contribution in [0.1, 0.15) is 31.9 Å². The number of hydrogen-bond acceptors (Lipinski definition) is 3. The summed E-state index contributed by atoms with van der Waals surface area (Å²) in [6.07, 6.45) is 0. The van der Waals surface area contributed by atoms with E-state index in [9.17, 15) is 4.39 Å². The van der Waals surface area contributed by atoms with Gasteiger partial charge in [-0.3, -0.25) is 0 Å². The molecule has 0 saturated heterocycles. The predicted octanol–water partition coefficient (Wildman–Crippen LogP) is 2.62. The molecular formula is C14H22FNO2. The Morgan fingerprint density at radius 3 is 2.50 bits per heavy atom. The van der Waals surface area contributed by atoms with Crippen molar-refractivity contribution in [2.75, 3.05) is 13.2 Å². The van der Waals surface area contributed by atoms with E-state index < -0.39 is 0 Å². The van der Waals surface area contributed by atoms with Crippen LogP contribution in [0.2, 0.25) is 0 Å². The molecule has 3 nitrogen and oxygen atoms in total. The molecule has 0 spiro atoms. The first-order valence-electron chi connectivity index (χ1n) is 6.11. The van der Waals surface area contributed by atoms with Gasteiger partial charge in [-0.25, -0.2) is 4.39 Å². The van der Waals surface area contributed by atoms with Crippen molar-refractivity contribution in [1.29, 1.82) is 0 Å². The molecular weight excluding hydrogens is 233 g/mol. The van der Waals surface area contributed by atoms with E-state index in [1.54, 1.807) is 6.07 Å². The maximum absolute atomic E-state index is 13.0. The summed E-state index contributed by atoms with van der Waals surface area (Å²) < 4.78 is 24.0. The van der Waals surface area contributed by atoms with Crippen LogP contribution >= 0.6 is 0 Å². The lowest BCUT2D eigenvalue weighted by atomic mass is 10.1. The number of hydrogen-bond donors (Lipinski definition) is 1. The van der Waals surface area contributed by atoms with Crippen LogP contribution in [0.5, 0.6) is 0 Å². The molecule has 0 aliphatic heterocycles. The summed E-state index contributed by atoms with van der Waals surface area (Å²) in [6.45, 7) is 7.80. The van der Waals surface area contributed by atoms with E-state index >= 15 is 0 Å². The maximum Gasteiger partial charge on any atom is 0.123 e. The lowest BCUT2D eigenvalue weighted by Gasteiger charge is -2.19. The zero-order chi connectivity index (χ0) is 13.6. The van der Waals surface area contributed by atoms with E-state index in [0.29, 0.717) is 26.4 Å². The van der Waals surface area contributed by atoms with Crippen molar-refractivity contribution in [3.8, 4) is 0 Å². The fourth-order valence-electron chi connectivity index (χ4n) is 1.51. The molecule has 4 heteroatoms. The van der Waals surface area contributed by atoms with Crippen LogP contribution in [0, 0.1) is 5.82 Å². The molecule has 1 aromatic carbocycles. The van der Waals surface area contributed by atoms with E-state index in [0.717, 1.165) is 11.1 Å². The Balaban J connectivity index is 2.35. The molecule has 1 rings (SSSR count). The topological polar surface area (TPSA) is 44.5 Å². The summed E-state index contributed by atoms with van der Waals surface area (Å²) in [4.78, 5) is 0. The van der Waals surface area contributed by atoms with Crippen LogP contribution in [-0.2, 0) is 22.6 Å². The molecule has 0 radical (unpaired) electrons. The van der Waals surface area contributed by atoms with Crippen molar-refractivity contribution >= 4 is 0 Å². The van der Waals surface area contributed by atoms with E-state index in [2.05, 4.69) is 0 Å². The molecule has 0 aliphatic carbocycles. The second-order valence-corrected chi connectivity index (χ2v) is 5.13. The van der Waals surface area contributed by atoms with E-state index in [1.165, 1.54) is 12.1 Å². The minimum absolute atomic E-state index is 0.151. The summed E-state index contributed by atoms with van der Waals surface area (Å²) in [5, 5.41) is 0. The predicted molar refractivity (Wildman–Crippen MR) is 69.7 cm³/mol. The van der Waals surface area contributed by atoms with Gasteiger partial charge in [-0.2, -0.15) is 0 Å². The van der Waals surface area contributed by atoms with Crippen molar-refractivity contribution in [2.45, 2.75) is 39.5 Å². The number of nitrogens with two attached hydrogens (primary N) is 1. The van der Waals surface area contributed by atoms with Gasteiger partial charge in [0.25, 0.3) is 0 Å². The molecule has 0 fully saturated rings. The molecule has 0 heterocycles. The summed E-state index contributed by atoms with van der Waals surface area (Å²) in [5.74, 6) is -0.268. The highest BCUT2D eigenvalue weighted by Gasteiger charge is 2.09. The third-order valence-corrected chi connectivity index (χ3v) is 2.41. The molecule has 0 amide bonds. The van der Waals surface area contributed by atoms with Gasteiger partial charge in [-0.05, 0) is 44.0 Å². The van der Waals surface area contributed by atoms with Gasteiger partial charge in [0.15, 0.2) is 0 Å². The molecule has 0 atom stereocenters. The van der Waals surface area contributed by atoms with Crippen molar-refractivity contribution in [3.63, 3.8) is 0 Å². The Morgan fingerprint density at radius 2 is 1.89 bits per heavy atom. The van der Waals surface area contributed by atoms with Gasteiger partial charge in [0.1, 0.15) is 5.82 Å². The van der Waals surface area contributed by atoms with Crippen molar-refractivity contribution in [2.24, 2.45) is 5.73 Å².